The van der Waals surface area contributed by atoms with Crippen molar-refractivity contribution in [2.75, 3.05) is 17.1 Å². The van der Waals surface area contributed by atoms with Crippen LogP contribution >= 0.6 is 0 Å². The van der Waals surface area contributed by atoms with E-state index >= 15 is 0 Å². The summed E-state index contributed by atoms with van der Waals surface area (Å²) in [5.41, 5.74) is 0.880. The van der Waals surface area contributed by atoms with E-state index in [4.69, 9.17) is 0 Å². The fraction of sp³-hybridized carbons (Fsp3) is 0.310. The number of rotatable bonds is 13. The van der Waals surface area contributed by atoms with Gasteiger partial charge in [-0.1, -0.05) is 55.5 Å². The first-order valence-corrected chi connectivity index (χ1v) is 14.8. The molecule has 3 aromatic rings. The molecule has 0 unspecified atom stereocenters. The largest absolute Gasteiger partial charge is 0.352 e. The monoisotopic (exact) mass is 584 g/mol. The van der Waals surface area contributed by atoms with Gasteiger partial charge in [-0.15, -0.1) is 0 Å². The lowest BCUT2D eigenvalue weighted by molar-refractivity contribution is -0.384. The zero-order valence-corrected chi connectivity index (χ0v) is 23.9. The summed E-state index contributed by atoms with van der Waals surface area (Å²) in [6, 6.07) is 18.2. The maximum absolute atomic E-state index is 14.0. The van der Waals surface area contributed by atoms with Gasteiger partial charge in [0.1, 0.15) is 18.4 Å². The van der Waals surface area contributed by atoms with Crippen LogP contribution < -0.4 is 9.62 Å². The second kappa shape index (κ2) is 13.8. The molecule has 3 aromatic carbocycles. The molecule has 0 aliphatic rings. The zero-order chi connectivity index (χ0) is 30.2. The number of nitro benzene ring substituents is 1. The predicted octanol–water partition coefficient (Wildman–Crippen LogP) is 4.05. The summed E-state index contributed by atoms with van der Waals surface area (Å²) in [5, 5.41) is 14.2. The van der Waals surface area contributed by atoms with Crippen LogP contribution in [0.4, 0.5) is 15.8 Å². The summed E-state index contributed by atoms with van der Waals surface area (Å²) >= 11 is 0. The van der Waals surface area contributed by atoms with Crippen LogP contribution in [0.2, 0.25) is 0 Å². The first kappa shape index (κ1) is 31.2. The number of nitrogens with zero attached hydrogens (tertiary/aromatic N) is 3. The Morgan fingerprint density at radius 2 is 1.66 bits per heavy atom. The lowest BCUT2D eigenvalue weighted by atomic mass is 10.0. The van der Waals surface area contributed by atoms with Crippen LogP contribution in [0.5, 0.6) is 0 Å². The van der Waals surface area contributed by atoms with Crippen LogP contribution in [0.15, 0.2) is 78.9 Å². The maximum Gasteiger partial charge on any atom is 0.271 e. The third kappa shape index (κ3) is 8.84. The minimum absolute atomic E-state index is 0.0690. The Morgan fingerprint density at radius 1 is 1.00 bits per heavy atom. The summed E-state index contributed by atoms with van der Waals surface area (Å²) in [6.07, 6.45) is 1.66. The molecule has 1 N–H and O–H groups in total. The molecule has 0 aliphatic carbocycles. The molecule has 2 atom stereocenters. The number of benzene rings is 3. The highest BCUT2D eigenvalue weighted by Crippen LogP contribution is 2.24. The van der Waals surface area contributed by atoms with Crippen molar-refractivity contribution in [1.29, 1.82) is 0 Å². The van der Waals surface area contributed by atoms with Crippen molar-refractivity contribution in [1.82, 2.24) is 10.2 Å². The van der Waals surface area contributed by atoms with Crippen molar-refractivity contribution in [3.8, 4) is 0 Å². The van der Waals surface area contributed by atoms with Crippen molar-refractivity contribution in [3.63, 3.8) is 0 Å². The van der Waals surface area contributed by atoms with E-state index in [-0.39, 0.29) is 30.4 Å². The Kier molecular flexibility index (Phi) is 10.5. The fourth-order valence-corrected chi connectivity index (χ4v) is 5.00. The zero-order valence-electron chi connectivity index (χ0n) is 23.1. The van der Waals surface area contributed by atoms with Crippen LogP contribution in [-0.4, -0.2) is 54.9 Å². The van der Waals surface area contributed by atoms with Gasteiger partial charge in [-0.3, -0.25) is 24.0 Å². The molecule has 0 fully saturated rings. The van der Waals surface area contributed by atoms with Crippen molar-refractivity contribution >= 4 is 33.2 Å². The van der Waals surface area contributed by atoms with E-state index < -0.39 is 45.2 Å². The van der Waals surface area contributed by atoms with Gasteiger partial charge in [0.15, 0.2) is 0 Å². The Labute approximate surface area is 239 Å². The predicted molar refractivity (Wildman–Crippen MR) is 154 cm³/mol. The molecule has 0 heterocycles. The first-order valence-electron chi connectivity index (χ1n) is 13.0. The summed E-state index contributed by atoms with van der Waals surface area (Å²) in [5.74, 6) is -1.62. The van der Waals surface area contributed by atoms with E-state index in [9.17, 15) is 32.5 Å². The minimum Gasteiger partial charge on any atom is -0.352 e. The summed E-state index contributed by atoms with van der Waals surface area (Å²) in [6.45, 7) is 2.90. The van der Waals surface area contributed by atoms with Crippen molar-refractivity contribution in [2.24, 2.45) is 0 Å². The van der Waals surface area contributed by atoms with E-state index in [1.54, 1.807) is 12.1 Å². The smallest absolute Gasteiger partial charge is 0.271 e. The van der Waals surface area contributed by atoms with E-state index in [1.807, 2.05) is 32.0 Å². The molecule has 0 spiro atoms. The molecule has 0 radical (unpaired) electrons. The van der Waals surface area contributed by atoms with Crippen LogP contribution in [0.1, 0.15) is 31.4 Å². The number of nitrogens with one attached hydrogen (secondary N) is 1. The maximum atomic E-state index is 14.0. The summed E-state index contributed by atoms with van der Waals surface area (Å²) < 4.78 is 40.0. The number of non-ortho nitro benzene ring substituents is 1. The normalized spacial score (nSPS) is 12.7. The number of nitro groups is 1. The van der Waals surface area contributed by atoms with E-state index in [0.29, 0.717) is 12.0 Å². The number of hydrogen-bond acceptors (Lipinski definition) is 6. The van der Waals surface area contributed by atoms with Gasteiger partial charge in [-0.2, -0.15) is 0 Å². The minimum atomic E-state index is -4.08. The van der Waals surface area contributed by atoms with Gasteiger partial charge in [-0.25, -0.2) is 12.8 Å². The summed E-state index contributed by atoms with van der Waals surface area (Å²) in [4.78, 5) is 39.5. The standard InChI is InChI=1S/C29H33FN4O6S/c1-4-21(2)31-29(36)27(17-22-9-6-5-7-10-22)32(19-23-13-15-24(30)16-14-23)28(35)20-33(41(3,39)40)25-11-8-12-26(18-25)34(37)38/h5-16,18,21,27H,4,17,19-20H2,1-3H3,(H,31,36)/t21-,27+/m1/s1. The van der Waals surface area contributed by atoms with Crippen LogP contribution in [0, 0.1) is 15.9 Å². The Balaban J connectivity index is 2.07. The molecule has 0 aliphatic heterocycles. The highest BCUT2D eigenvalue weighted by atomic mass is 32.2. The average Bonchev–Trinajstić information content (AvgIpc) is 2.94. The molecular formula is C29H33FN4O6S. The molecule has 2 amide bonds. The number of carbonyl (C=O) groups is 2. The molecule has 0 saturated heterocycles. The molecule has 0 saturated carbocycles. The van der Waals surface area contributed by atoms with E-state index in [1.165, 1.54) is 47.4 Å². The first-order chi connectivity index (χ1) is 19.4. The third-order valence-corrected chi connectivity index (χ3v) is 7.69. The molecule has 12 heteroatoms. The van der Waals surface area contributed by atoms with Gasteiger partial charge in [0.05, 0.1) is 16.9 Å². The van der Waals surface area contributed by atoms with Gasteiger partial charge in [0, 0.05) is 31.1 Å². The van der Waals surface area contributed by atoms with Gasteiger partial charge in [0.25, 0.3) is 5.69 Å². The Morgan fingerprint density at radius 3 is 2.24 bits per heavy atom. The highest BCUT2D eigenvalue weighted by molar-refractivity contribution is 7.92. The molecule has 0 bridgehead atoms. The number of amides is 2. The van der Waals surface area contributed by atoms with Gasteiger partial charge in [0.2, 0.25) is 21.8 Å². The number of hydrogen-bond donors (Lipinski definition) is 1. The second-order valence-electron chi connectivity index (χ2n) is 9.72. The molecule has 0 aromatic heterocycles. The van der Waals surface area contributed by atoms with Crippen LogP contribution in [0.25, 0.3) is 0 Å². The van der Waals surface area contributed by atoms with E-state index in [2.05, 4.69) is 5.32 Å². The SMILES string of the molecule is CC[C@@H](C)NC(=O)[C@H](Cc1ccccc1)N(Cc1ccc(F)cc1)C(=O)CN(c1cccc([N+](=O)[O-])c1)S(C)(=O)=O. The average molecular weight is 585 g/mol. The highest BCUT2D eigenvalue weighted by Gasteiger charge is 2.33. The number of sulfonamides is 1. The number of halogens is 1. The van der Waals surface area contributed by atoms with Crippen LogP contribution in [-0.2, 0) is 32.6 Å². The molecule has 3 rings (SSSR count). The molecule has 218 valence electrons. The Bertz CT molecular complexity index is 1470. The lowest BCUT2D eigenvalue weighted by Gasteiger charge is -2.34. The topological polar surface area (TPSA) is 130 Å². The van der Waals surface area contributed by atoms with Crippen molar-refractivity contribution in [2.45, 2.75) is 45.3 Å². The third-order valence-electron chi connectivity index (χ3n) is 6.55. The Hall–Kier alpha value is -4.32. The van der Waals surface area contributed by atoms with Gasteiger partial charge < -0.3 is 10.2 Å². The molecule has 41 heavy (non-hydrogen) atoms. The van der Waals surface area contributed by atoms with Crippen LogP contribution in [0.3, 0.4) is 0 Å². The van der Waals surface area contributed by atoms with Gasteiger partial charge in [-0.05, 0) is 42.7 Å². The molecule has 10 nitrogen and oxygen atoms in total. The van der Waals surface area contributed by atoms with Crippen molar-refractivity contribution < 1.29 is 27.3 Å². The summed E-state index contributed by atoms with van der Waals surface area (Å²) in [7, 11) is -4.08. The molecular weight excluding hydrogens is 551 g/mol. The number of carbonyl (C=O) groups excluding carboxylic acids is 2. The van der Waals surface area contributed by atoms with Crippen molar-refractivity contribution in [3.05, 3.63) is 106 Å². The quantitative estimate of drug-likeness (QED) is 0.238. The second-order valence-corrected chi connectivity index (χ2v) is 11.6. The van der Waals surface area contributed by atoms with Gasteiger partial charge >= 0.3 is 0 Å². The lowest BCUT2D eigenvalue weighted by Crippen LogP contribution is -2.54. The number of anilines is 1. The van der Waals surface area contributed by atoms with E-state index in [0.717, 1.165) is 22.2 Å². The fourth-order valence-electron chi connectivity index (χ4n) is 4.16.